The Labute approximate surface area is 130 Å². The number of aromatic nitrogens is 1. The summed E-state index contributed by atoms with van der Waals surface area (Å²) in [5, 5.41) is 3.77. The molecule has 7 heteroatoms. The molecule has 0 aliphatic heterocycles. The van der Waals surface area contributed by atoms with Gasteiger partial charge >= 0.3 is 6.09 Å². The number of amides is 2. The van der Waals surface area contributed by atoms with Gasteiger partial charge in [-0.15, -0.1) is 0 Å². The van der Waals surface area contributed by atoms with Gasteiger partial charge in [0.25, 0.3) is 5.91 Å². The van der Waals surface area contributed by atoms with Gasteiger partial charge in [0.15, 0.2) is 0 Å². The van der Waals surface area contributed by atoms with Crippen molar-refractivity contribution >= 4 is 12.0 Å². The van der Waals surface area contributed by atoms with E-state index in [0.717, 1.165) is 5.06 Å². The normalized spacial score (nSPS) is 11.0. The SMILES string of the molecule is CON(C)C(=O)c1cccnc1CCNC(=O)OC(C)(C)C. The fraction of sp³-hybridized carbons (Fsp3) is 0.533. The lowest BCUT2D eigenvalue weighted by Crippen LogP contribution is -2.34. The Bertz CT molecular complexity index is 526. The number of ether oxygens (including phenoxy) is 1. The number of pyridine rings is 1. The van der Waals surface area contributed by atoms with E-state index in [0.29, 0.717) is 24.2 Å². The second-order valence-corrected chi connectivity index (χ2v) is 5.66. The molecule has 0 aliphatic rings. The summed E-state index contributed by atoms with van der Waals surface area (Å²) in [5.74, 6) is -0.289. The first kappa shape index (κ1) is 17.9. The van der Waals surface area contributed by atoms with Gasteiger partial charge in [-0.25, -0.2) is 9.86 Å². The van der Waals surface area contributed by atoms with E-state index in [1.807, 2.05) is 0 Å². The smallest absolute Gasteiger partial charge is 0.407 e. The van der Waals surface area contributed by atoms with Crippen molar-refractivity contribution in [3.63, 3.8) is 0 Å². The highest BCUT2D eigenvalue weighted by Gasteiger charge is 2.18. The van der Waals surface area contributed by atoms with E-state index < -0.39 is 11.7 Å². The number of carbonyl (C=O) groups is 2. The van der Waals surface area contributed by atoms with Crippen molar-refractivity contribution in [3.05, 3.63) is 29.6 Å². The molecule has 0 bridgehead atoms. The van der Waals surface area contributed by atoms with Crippen LogP contribution in [0.5, 0.6) is 0 Å². The van der Waals surface area contributed by atoms with Gasteiger partial charge in [0.2, 0.25) is 0 Å². The van der Waals surface area contributed by atoms with E-state index in [-0.39, 0.29) is 5.91 Å². The van der Waals surface area contributed by atoms with Gasteiger partial charge < -0.3 is 10.1 Å². The van der Waals surface area contributed by atoms with Crippen molar-refractivity contribution in [1.29, 1.82) is 0 Å². The van der Waals surface area contributed by atoms with Gasteiger partial charge in [-0.3, -0.25) is 14.6 Å². The quantitative estimate of drug-likeness (QED) is 0.839. The lowest BCUT2D eigenvalue weighted by Gasteiger charge is -2.20. The highest BCUT2D eigenvalue weighted by molar-refractivity contribution is 5.94. The number of carbonyl (C=O) groups excluding carboxylic acids is 2. The van der Waals surface area contributed by atoms with E-state index in [1.54, 1.807) is 39.1 Å². The molecule has 0 atom stereocenters. The average molecular weight is 309 g/mol. The molecule has 1 rings (SSSR count). The molecule has 0 fully saturated rings. The Balaban J connectivity index is 2.64. The largest absolute Gasteiger partial charge is 0.444 e. The first-order valence-corrected chi connectivity index (χ1v) is 6.97. The second-order valence-electron chi connectivity index (χ2n) is 5.66. The van der Waals surface area contributed by atoms with Crippen LogP contribution in [0.2, 0.25) is 0 Å². The van der Waals surface area contributed by atoms with E-state index in [9.17, 15) is 9.59 Å². The number of alkyl carbamates (subject to hydrolysis) is 1. The molecule has 0 spiro atoms. The summed E-state index contributed by atoms with van der Waals surface area (Å²) in [4.78, 5) is 32.8. The summed E-state index contributed by atoms with van der Waals surface area (Å²) in [6, 6.07) is 3.36. The molecule has 0 unspecified atom stereocenters. The number of rotatable bonds is 5. The number of hydroxylamine groups is 2. The average Bonchev–Trinajstić information content (AvgIpc) is 2.44. The Kier molecular flexibility index (Phi) is 6.30. The Hall–Kier alpha value is -2.15. The molecule has 0 aromatic carbocycles. The molecular weight excluding hydrogens is 286 g/mol. The lowest BCUT2D eigenvalue weighted by molar-refractivity contribution is -0.0757. The van der Waals surface area contributed by atoms with Crippen LogP contribution < -0.4 is 5.32 Å². The van der Waals surface area contributed by atoms with Crippen LogP contribution in [0.4, 0.5) is 4.79 Å². The first-order chi connectivity index (χ1) is 10.2. The van der Waals surface area contributed by atoms with Gasteiger partial charge in [0.1, 0.15) is 5.60 Å². The first-order valence-electron chi connectivity index (χ1n) is 6.97. The Morgan fingerprint density at radius 2 is 2.05 bits per heavy atom. The molecule has 0 aliphatic carbocycles. The highest BCUT2D eigenvalue weighted by Crippen LogP contribution is 2.10. The lowest BCUT2D eigenvalue weighted by atomic mass is 10.1. The van der Waals surface area contributed by atoms with Gasteiger partial charge in [-0.2, -0.15) is 0 Å². The zero-order valence-electron chi connectivity index (χ0n) is 13.7. The third-order valence-corrected chi connectivity index (χ3v) is 2.71. The minimum atomic E-state index is -0.544. The third kappa shape index (κ3) is 5.69. The van der Waals surface area contributed by atoms with Crippen molar-refractivity contribution in [2.75, 3.05) is 20.7 Å². The monoisotopic (exact) mass is 309 g/mol. The number of hydrogen-bond acceptors (Lipinski definition) is 5. The molecule has 1 N–H and O–H groups in total. The Morgan fingerprint density at radius 1 is 1.36 bits per heavy atom. The van der Waals surface area contributed by atoms with E-state index >= 15 is 0 Å². The molecule has 0 saturated carbocycles. The summed E-state index contributed by atoms with van der Waals surface area (Å²) in [6.07, 6.45) is 1.52. The molecule has 2 amide bonds. The summed E-state index contributed by atoms with van der Waals surface area (Å²) in [6.45, 7) is 5.71. The number of nitrogens with zero attached hydrogens (tertiary/aromatic N) is 2. The van der Waals surface area contributed by atoms with E-state index in [2.05, 4.69) is 10.3 Å². The third-order valence-electron chi connectivity index (χ3n) is 2.71. The molecule has 122 valence electrons. The fourth-order valence-corrected chi connectivity index (χ4v) is 1.68. The molecule has 1 heterocycles. The molecule has 0 radical (unpaired) electrons. The minimum absolute atomic E-state index is 0.289. The topological polar surface area (TPSA) is 80.8 Å². The molecule has 1 aromatic rings. The van der Waals surface area contributed by atoms with Crippen LogP contribution in [0.25, 0.3) is 0 Å². The van der Waals surface area contributed by atoms with Crippen LogP contribution >= 0.6 is 0 Å². The maximum atomic E-state index is 12.1. The van der Waals surface area contributed by atoms with Crippen LogP contribution in [-0.2, 0) is 16.0 Å². The fourth-order valence-electron chi connectivity index (χ4n) is 1.68. The van der Waals surface area contributed by atoms with Crippen molar-refractivity contribution in [1.82, 2.24) is 15.4 Å². The van der Waals surface area contributed by atoms with Gasteiger partial charge in [-0.05, 0) is 32.9 Å². The van der Waals surface area contributed by atoms with Crippen molar-refractivity contribution in [2.24, 2.45) is 0 Å². The number of nitrogens with one attached hydrogen (secondary N) is 1. The van der Waals surface area contributed by atoms with Crippen LogP contribution in [0, 0.1) is 0 Å². The zero-order valence-corrected chi connectivity index (χ0v) is 13.7. The molecule has 1 aromatic heterocycles. The summed E-state index contributed by atoms with van der Waals surface area (Å²) >= 11 is 0. The predicted molar refractivity (Wildman–Crippen MR) is 81.3 cm³/mol. The standard InChI is InChI=1S/C15H23N3O4/c1-15(2,3)22-14(20)17-10-8-12-11(7-6-9-16-12)13(19)18(4)21-5/h6-7,9H,8,10H2,1-5H3,(H,17,20). The van der Waals surface area contributed by atoms with Gasteiger partial charge in [0, 0.05) is 26.2 Å². The minimum Gasteiger partial charge on any atom is -0.444 e. The van der Waals surface area contributed by atoms with Crippen LogP contribution in [0.1, 0.15) is 36.8 Å². The molecular formula is C15H23N3O4. The maximum absolute atomic E-state index is 12.1. The van der Waals surface area contributed by atoms with Crippen LogP contribution in [-0.4, -0.2) is 48.4 Å². The van der Waals surface area contributed by atoms with Crippen molar-refractivity contribution < 1.29 is 19.2 Å². The molecule has 22 heavy (non-hydrogen) atoms. The van der Waals surface area contributed by atoms with Crippen molar-refractivity contribution in [2.45, 2.75) is 32.8 Å². The zero-order chi connectivity index (χ0) is 16.8. The van der Waals surface area contributed by atoms with Crippen LogP contribution in [0.3, 0.4) is 0 Å². The van der Waals surface area contributed by atoms with E-state index in [4.69, 9.17) is 9.57 Å². The van der Waals surface area contributed by atoms with E-state index in [1.165, 1.54) is 14.2 Å². The van der Waals surface area contributed by atoms with Crippen LogP contribution in [0.15, 0.2) is 18.3 Å². The predicted octanol–water partition coefficient (Wildman–Crippen LogP) is 1.78. The summed E-state index contributed by atoms with van der Waals surface area (Å²) < 4.78 is 5.14. The highest BCUT2D eigenvalue weighted by atomic mass is 16.7. The van der Waals surface area contributed by atoms with Gasteiger partial charge in [-0.1, -0.05) is 0 Å². The molecule has 0 saturated heterocycles. The molecule has 7 nitrogen and oxygen atoms in total. The number of hydrogen-bond donors (Lipinski definition) is 1. The van der Waals surface area contributed by atoms with Crippen molar-refractivity contribution in [3.8, 4) is 0 Å². The van der Waals surface area contributed by atoms with Gasteiger partial charge in [0.05, 0.1) is 18.4 Å². The Morgan fingerprint density at radius 3 is 2.64 bits per heavy atom. The second kappa shape index (κ2) is 7.74. The summed E-state index contributed by atoms with van der Waals surface area (Å²) in [7, 11) is 2.94. The maximum Gasteiger partial charge on any atom is 0.407 e. The summed E-state index contributed by atoms with van der Waals surface area (Å²) in [5.41, 5.74) is 0.488.